The Hall–Kier alpha value is -0.780. The van der Waals surface area contributed by atoms with Gasteiger partial charge >= 0.3 is 0 Å². The van der Waals surface area contributed by atoms with Crippen LogP contribution in [0.25, 0.3) is 0 Å². The average Bonchev–Trinajstić information content (AvgIpc) is 3.01. The lowest BCUT2D eigenvalue weighted by Crippen LogP contribution is -1.91. The van der Waals surface area contributed by atoms with Crippen molar-refractivity contribution in [2.75, 3.05) is 0 Å². The van der Waals surface area contributed by atoms with Crippen molar-refractivity contribution in [1.82, 2.24) is 0 Å². The summed E-state index contributed by atoms with van der Waals surface area (Å²) in [6.45, 7) is 4.61. The summed E-state index contributed by atoms with van der Waals surface area (Å²) in [7, 11) is 0. The van der Waals surface area contributed by atoms with Crippen molar-refractivity contribution < 1.29 is 0 Å². The van der Waals surface area contributed by atoms with Gasteiger partial charge in [0.15, 0.2) is 0 Å². The van der Waals surface area contributed by atoms with Gasteiger partial charge in [0.25, 0.3) is 0 Å². The zero-order valence-corrected chi connectivity index (χ0v) is 29.2. The first kappa shape index (κ1) is 39.2. The van der Waals surface area contributed by atoms with Crippen LogP contribution in [0.5, 0.6) is 0 Å². The van der Waals surface area contributed by atoms with Gasteiger partial charge in [0, 0.05) is 0 Å². The fourth-order valence-electron chi connectivity index (χ4n) is 6.46. The van der Waals surface area contributed by atoms with Gasteiger partial charge in [-0.05, 0) is 48.9 Å². The van der Waals surface area contributed by atoms with Crippen LogP contribution in [-0.2, 0) is 12.8 Å². The van der Waals surface area contributed by atoms with Gasteiger partial charge in [-0.25, -0.2) is 0 Å². The largest absolute Gasteiger partial charge is 0.0654 e. The van der Waals surface area contributed by atoms with E-state index >= 15 is 0 Å². The van der Waals surface area contributed by atoms with Crippen molar-refractivity contribution in [3.8, 4) is 0 Å². The number of benzene rings is 1. The average molecular weight is 581 g/mol. The summed E-state index contributed by atoms with van der Waals surface area (Å²) in [4.78, 5) is 0. The lowest BCUT2D eigenvalue weighted by molar-refractivity contribution is 0.529. The predicted molar refractivity (Wildman–Crippen MR) is 191 cm³/mol. The molecular formula is C42H76. The number of unbranched alkanes of at least 4 members (excludes halogenated alkanes) is 30. The number of rotatable bonds is 34. The number of aryl methyl sites for hydroxylation is 2. The molecule has 0 saturated carbocycles. The van der Waals surface area contributed by atoms with E-state index in [1.807, 2.05) is 0 Å². The van der Waals surface area contributed by atoms with Crippen molar-refractivity contribution in [1.29, 1.82) is 0 Å². The Labute approximate surface area is 267 Å². The highest BCUT2D eigenvalue weighted by Crippen LogP contribution is 2.17. The summed E-state index contributed by atoms with van der Waals surface area (Å²) < 4.78 is 0. The van der Waals surface area contributed by atoms with Crippen molar-refractivity contribution in [3.63, 3.8) is 0 Å². The van der Waals surface area contributed by atoms with Gasteiger partial charge in [-0.3, -0.25) is 0 Å². The van der Waals surface area contributed by atoms with Crippen molar-refractivity contribution in [2.45, 2.75) is 232 Å². The Bertz CT molecular complexity index is 558. The van der Waals surface area contributed by atoms with Gasteiger partial charge in [0.1, 0.15) is 0 Å². The van der Waals surface area contributed by atoms with E-state index in [2.05, 4.69) is 38.1 Å². The Morgan fingerprint density at radius 2 is 0.476 bits per heavy atom. The zero-order chi connectivity index (χ0) is 30.0. The molecule has 2 radical (unpaired) electrons. The Kier molecular flexibility index (Phi) is 30.9. The third-order valence-corrected chi connectivity index (χ3v) is 9.46. The highest BCUT2D eigenvalue weighted by Gasteiger charge is 2.00. The summed E-state index contributed by atoms with van der Waals surface area (Å²) in [6.07, 6.45) is 48.4. The maximum atomic E-state index is 3.56. The van der Waals surface area contributed by atoms with Crippen LogP contribution in [0.4, 0.5) is 0 Å². The number of hydrogen-bond acceptors (Lipinski definition) is 0. The van der Waals surface area contributed by atoms with E-state index in [1.165, 1.54) is 229 Å². The summed E-state index contributed by atoms with van der Waals surface area (Å²) in [5.41, 5.74) is 2.74. The molecule has 0 fully saturated rings. The monoisotopic (exact) mass is 581 g/mol. The highest BCUT2D eigenvalue weighted by atomic mass is 14.1. The Morgan fingerprint density at radius 1 is 0.286 bits per heavy atom. The molecular weight excluding hydrogens is 504 g/mol. The van der Waals surface area contributed by atoms with Crippen LogP contribution < -0.4 is 0 Å². The SMILES string of the molecule is CCCCCCCCCCCCCCCCCCc1[c]cc(CCCCCCCCCCCCCCCCCC)[c]c1. The number of hydrogen-bond donors (Lipinski definition) is 0. The van der Waals surface area contributed by atoms with Crippen LogP contribution in [0.1, 0.15) is 230 Å². The van der Waals surface area contributed by atoms with E-state index in [0.29, 0.717) is 0 Å². The van der Waals surface area contributed by atoms with Crippen LogP contribution in [0, 0.1) is 12.1 Å². The molecule has 0 heteroatoms. The van der Waals surface area contributed by atoms with Gasteiger partial charge in [-0.1, -0.05) is 219 Å². The topological polar surface area (TPSA) is 0 Å². The molecule has 0 spiro atoms. The minimum atomic E-state index is 1.19. The molecule has 1 aromatic rings. The summed E-state index contributed by atoms with van der Waals surface area (Å²) >= 11 is 0. The smallest absolute Gasteiger partial charge is 0.0146 e. The molecule has 0 unspecified atom stereocenters. The normalized spacial score (nSPS) is 11.5. The van der Waals surface area contributed by atoms with Crippen LogP contribution in [0.3, 0.4) is 0 Å². The summed E-state index contributed by atoms with van der Waals surface area (Å²) in [6, 6.07) is 11.6. The molecule has 0 atom stereocenters. The molecule has 244 valence electrons. The minimum absolute atomic E-state index is 1.19. The second kappa shape index (κ2) is 33.1. The summed E-state index contributed by atoms with van der Waals surface area (Å²) in [5.74, 6) is 0. The van der Waals surface area contributed by atoms with Crippen LogP contribution >= 0.6 is 0 Å². The third kappa shape index (κ3) is 28.0. The third-order valence-electron chi connectivity index (χ3n) is 9.46. The van der Waals surface area contributed by atoms with Gasteiger partial charge in [-0.2, -0.15) is 0 Å². The quantitative estimate of drug-likeness (QED) is 0.0711. The molecule has 0 bridgehead atoms. The summed E-state index contributed by atoms with van der Waals surface area (Å²) in [5, 5.41) is 0. The van der Waals surface area contributed by atoms with Crippen molar-refractivity contribution >= 4 is 0 Å². The van der Waals surface area contributed by atoms with E-state index in [0.717, 1.165) is 0 Å². The first-order valence-electron chi connectivity index (χ1n) is 19.8. The zero-order valence-electron chi connectivity index (χ0n) is 29.2. The van der Waals surface area contributed by atoms with E-state index < -0.39 is 0 Å². The first-order valence-corrected chi connectivity index (χ1v) is 19.8. The molecule has 0 nitrogen and oxygen atoms in total. The highest BCUT2D eigenvalue weighted by molar-refractivity contribution is 5.20. The predicted octanol–water partition coefficient (Wildman–Crippen LogP) is 14.9. The molecule has 1 aromatic carbocycles. The molecule has 0 heterocycles. The molecule has 0 aliphatic rings. The standard InChI is InChI=1S/C42H76/c1-3-5-7-9-11-13-15-17-19-21-23-25-27-29-31-33-35-41-37-39-42(40-38-41)36-34-32-30-28-26-24-22-20-18-16-14-12-10-8-6-4-2/h37,40H,3-36H2,1-2H3. The second-order valence-electron chi connectivity index (χ2n) is 13.7. The maximum absolute atomic E-state index is 3.56. The second-order valence-corrected chi connectivity index (χ2v) is 13.7. The molecule has 42 heavy (non-hydrogen) atoms. The Balaban J connectivity index is 1.81. The fourth-order valence-corrected chi connectivity index (χ4v) is 6.46. The van der Waals surface area contributed by atoms with E-state index in [4.69, 9.17) is 0 Å². The van der Waals surface area contributed by atoms with Gasteiger partial charge < -0.3 is 0 Å². The molecule has 0 aromatic heterocycles. The van der Waals surface area contributed by atoms with Gasteiger partial charge in [0.2, 0.25) is 0 Å². The van der Waals surface area contributed by atoms with Crippen molar-refractivity contribution in [2.24, 2.45) is 0 Å². The molecule has 1 rings (SSSR count). The first-order chi connectivity index (χ1) is 20.9. The Morgan fingerprint density at radius 3 is 0.667 bits per heavy atom. The molecule has 0 N–H and O–H groups in total. The fraction of sp³-hybridized carbons (Fsp3) is 0.857. The van der Waals surface area contributed by atoms with Crippen LogP contribution in [-0.4, -0.2) is 0 Å². The van der Waals surface area contributed by atoms with E-state index in [-0.39, 0.29) is 0 Å². The lowest BCUT2D eigenvalue weighted by Gasteiger charge is -2.05. The molecule has 0 saturated heterocycles. The molecule has 0 aliphatic heterocycles. The minimum Gasteiger partial charge on any atom is -0.0654 e. The lowest BCUT2D eigenvalue weighted by atomic mass is 10.0. The maximum Gasteiger partial charge on any atom is -0.0146 e. The van der Waals surface area contributed by atoms with Gasteiger partial charge in [-0.15, -0.1) is 0 Å². The molecule has 0 amide bonds. The van der Waals surface area contributed by atoms with Crippen LogP contribution in [0.2, 0.25) is 0 Å². The molecule has 0 aliphatic carbocycles. The van der Waals surface area contributed by atoms with Crippen LogP contribution in [0.15, 0.2) is 12.1 Å². The van der Waals surface area contributed by atoms with Gasteiger partial charge in [0.05, 0.1) is 0 Å². The van der Waals surface area contributed by atoms with E-state index in [1.54, 1.807) is 0 Å². The van der Waals surface area contributed by atoms with E-state index in [9.17, 15) is 0 Å². The van der Waals surface area contributed by atoms with Crippen molar-refractivity contribution in [3.05, 3.63) is 35.4 Å².